The van der Waals surface area contributed by atoms with Crippen molar-refractivity contribution in [3.8, 4) is 28.7 Å². The molecule has 1 aromatic heterocycles. The number of nitrogens with one attached hydrogen (secondary N) is 1. The van der Waals surface area contributed by atoms with Crippen LogP contribution in [0.4, 0.5) is 0 Å². The Hall–Kier alpha value is -6.62. The highest BCUT2D eigenvalue weighted by atomic mass is 16.6. The van der Waals surface area contributed by atoms with E-state index in [1.807, 2.05) is 54.6 Å². The van der Waals surface area contributed by atoms with Crippen LogP contribution in [0.2, 0.25) is 0 Å². The predicted octanol–water partition coefficient (Wildman–Crippen LogP) is 24.3. The number of nitrogens with zero attached hydrogens (tertiary/aromatic N) is 1. The average molecular weight is 1560 g/mol. The summed E-state index contributed by atoms with van der Waals surface area (Å²) in [5, 5.41) is 39.0. The second-order valence-corrected chi connectivity index (χ2v) is 32.3. The van der Waals surface area contributed by atoms with Gasteiger partial charge in [0.15, 0.2) is 17.6 Å². The van der Waals surface area contributed by atoms with Gasteiger partial charge in [-0.25, -0.2) is 4.79 Å². The topological polar surface area (TPSA) is 214 Å². The fourth-order valence-corrected chi connectivity index (χ4v) is 16.4. The van der Waals surface area contributed by atoms with E-state index in [2.05, 4.69) is 25.8 Å². The van der Waals surface area contributed by atoms with Crippen molar-refractivity contribution >= 4 is 11.9 Å². The van der Waals surface area contributed by atoms with Gasteiger partial charge in [-0.2, -0.15) is 0 Å². The lowest BCUT2D eigenvalue weighted by Crippen LogP contribution is -2.58. The summed E-state index contributed by atoms with van der Waals surface area (Å²) in [6.45, 7) is 9.36. The van der Waals surface area contributed by atoms with Gasteiger partial charge in [0, 0.05) is 23.7 Å². The van der Waals surface area contributed by atoms with Gasteiger partial charge >= 0.3 is 17.6 Å². The Bertz CT molecular complexity index is 3280. The molecule has 16 heteroatoms. The Balaban J connectivity index is 1.38. The highest BCUT2D eigenvalue weighted by Gasteiger charge is 2.63. The van der Waals surface area contributed by atoms with E-state index in [4.69, 9.17) is 33.2 Å². The molecule has 1 saturated heterocycles. The number of carbonyl (C=O) groups excluding carboxylic acids is 1. The number of aliphatic hydroxyl groups is 2. The van der Waals surface area contributed by atoms with Gasteiger partial charge in [-0.15, -0.1) is 0 Å². The lowest BCUT2D eigenvalue weighted by Gasteiger charge is -2.46. The predicted molar refractivity (Wildman–Crippen MR) is 455 cm³/mol. The molecule has 1 aliphatic heterocycles. The van der Waals surface area contributed by atoms with Crippen molar-refractivity contribution in [2.45, 2.75) is 391 Å². The number of hydrogen-bond acceptors (Lipinski definition) is 13. The van der Waals surface area contributed by atoms with Crippen LogP contribution in [0, 0.1) is 6.92 Å². The molecular formula is C96H150N2O14. The molecule has 628 valence electrons. The van der Waals surface area contributed by atoms with Crippen LogP contribution < -0.4 is 34.9 Å². The Kier molecular flexibility index (Phi) is 47.6. The van der Waals surface area contributed by atoms with E-state index < -0.39 is 78.0 Å². The van der Waals surface area contributed by atoms with E-state index in [1.54, 1.807) is 57.5 Å². The van der Waals surface area contributed by atoms with Crippen LogP contribution in [0.3, 0.4) is 0 Å². The van der Waals surface area contributed by atoms with Crippen molar-refractivity contribution in [1.29, 1.82) is 0 Å². The fourth-order valence-electron chi connectivity index (χ4n) is 16.4. The van der Waals surface area contributed by atoms with E-state index in [0.717, 1.165) is 77.0 Å². The monoisotopic (exact) mass is 1560 g/mol. The highest BCUT2D eigenvalue weighted by Crippen LogP contribution is 2.55. The summed E-state index contributed by atoms with van der Waals surface area (Å²) in [6, 6.07) is 27.3. The van der Waals surface area contributed by atoms with E-state index in [-0.39, 0.29) is 11.1 Å². The molecule has 2 heterocycles. The first-order valence-corrected chi connectivity index (χ1v) is 45.0. The third kappa shape index (κ3) is 33.3. The molecule has 2 unspecified atom stereocenters. The molecule has 1 fully saturated rings. The third-order valence-corrected chi connectivity index (χ3v) is 23.2. The highest BCUT2D eigenvalue weighted by molar-refractivity contribution is 5.77. The lowest BCUT2D eigenvalue weighted by molar-refractivity contribution is -0.190. The molecular weight excluding hydrogens is 1410 g/mol. The Morgan fingerprint density at radius 1 is 0.491 bits per heavy atom. The number of rotatable bonds is 68. The van der Waals surface area contributed by atoms with Crippen LogP contribution >= 0.6 is 0 Å². The Morgan fingerprint density at radius 3 is 1.18 bits per heavy atom. The van der Waals surface area contributed by atoms with Crippen LogP contribution in [0.25, 0.3) is 0 Å². The van der Waals surface area contributed by atoms with Crippen LogP contribution in [-0.4, -0.2) is 88.7 Å². The number of aliphatic carboxylic acids is 1. The van der Waals surface area contributed by atoms with E-state index in [9.17, 15) is 34.5 Å². The number of aromatic nitrogens is 2. The summed E-state index contributed by atoms with van der Waals surface area (Å²) in [6.07, 6.45) is 51.8. The molecule has 4 aromatic carbocycles. The molecule has 0 aliphatic carbocycles. The second kappa shape index (κ2) is 56.6. The van der Waals surface area contributed by atoms with Crippen molar-refractivity contribution in [3.05, 3.63) is 146 Å². The standard InChI is InChI=1S/C96H150N2O14/c1-7-10-13-16-19-22-25-28-31-34-37-40-43-46-49-55-70-108-84-73-78(74-85(109-71-56-50-47-44-41-38-35-32-29-26-23-20-17-14-11-8-2)89(84)110-72-57-51-48-45-42-39-36-33-30-27-24-21-18-15-12-9-3)91(112-88(101)69-68-87(99)100)95(105)75-86(98-76-77(4)93(103)97-94(98)104)111-92(95)90(102)96(79-58-53-52-54-59-79,80-60-64-82(106-5)65-61-80)81-62-66-83(107-6)67-63-81/h52-54,58-67,73-74,76,86,90-92,102,105H,7-51,55-57,68-72,75H2,1-6H3,(H,99,100)(H,97,103,104)/t86-,90?,91?,92-,95-/m1/s1. The van der Waals surface area contributed by atoms with Crippen LogP contribution in [0.1, 0.15) is 388 Å². The van der Waals surface area contributed by atoms with Crippen LogP contribution in [-0.2, 0) is 24.5 Å². The molecule has 0 bridgehead atoms. The summed E-state index contributed by atoms with van der Waals surface area (Å²) in [5.74, 6) is -0.0978. The number of aliphatic hydroxyl groups excluding tert-OH is 1. The fraction of sp³-hybridized carbons (Fsp3) is 0.688. The van der Waals surface area contributed by atoms with Gasteiger partial charge in [0.2, 0.25) is 5.75 Å². The molecule has 16 nitrogen and oxygen atoms in total. The first-order valence-electron chi connectivity index (χ1n) is 45.0. The number of methoxy groups -OCH3 is 2. The van der Waals surface area contributed by atoms with Gasteiger partial charge in [-0.3, -0.25) is 23.9 Å². The van der Waals surface area contributed by atoms with Crippen molar-refractivity contribution in [2.75, 3.05) is 34.0 Å². The zero-order chi connectivity index (χ0) is 80.1. The molecule has 1 aliphatic rings. The number of esters is 1. The number of carboxylic acid groups (broad SMARTS) is 1. The smallest absolute Gasteiger partial charge is 0.330 e. The number of H-pyrrole nitrogens is 1. The molecule has 112 heavy (non-hydrogen) atoms. The zero-order valence-corrected chi connectivity index (χ0v) is 70.5. The first kappa shape index (κ1) is 94.2. The first-order chi connectivity index (χ1) is 54.7. The minimum atomic E-state index is -2.52. The Morgan fingerprint density at radius 2 is 0.830 bits per heavy atom. The van der Waals surface area contributed by atoms with Crippen molar-refractivity contribution in [3.63, 3.8) is 0 Å². The van der Waals surface area contributed by atoms with Gasteiger partial charge in [-0.1, -0.05) is 364 Å². The second-order valence-electron chi connectivity index (χ2n) is 32.3. The van der Waals surface area contributed by atoms with E-state index in [0.29, 0.717) is 65.3 Å². The SMILES string of the molecule is CCCCCCCCCCCCCCCCCCOc1cc(C(OC(=O)CCC(=O)O)[C@]2(O)C[C@H](n3cc(C)c(=O)[nH]c3=O)O[C@@H]2C(O)C(c2ccccc2)(c2ccc(OC)cc2)c2ccc(OC)cc2)cc(OCCCCCCCCCCCCCCCCCC)c1OCCCCCCCCCCCCCCCCCC. The third-order valence-electron chi connectivity index (χ3n) is 23.2. The Labute approximate surface area is 675 Å². The number of hydrogen-bond donors (Lipinski definition) is 4. The molecule has 0 radical (unpaired) electrons. The lowest BCUT2D eigenvalue weighted by atomic mass is 9.62. The maximum Gasteiger partial charge on any atom is 0.330 e. The molecule has 5 aromatic rings. The van der Waals surface area contributed by atoms with E-state index in [1.165, 1.54) is 242 Å². The van der Waals surface area contributed by atoms with Crippen molar-refractivity contribution in [2.24, 2.45) is 0 Å². The molecule has 5 atom stereocenters. The number of unbranched alkanes of at least 4 members (excludes halogenated alkanes) is 45. The van der Waals surface area contributed by atoms with Crippen molar-refractivity contribution in [1.82, 2.24) is 9.55 Å². The average Bonchev–Trinajstić information content (AvgIpc) is 1.41. The number of aromatic amines is 1. The molecule has 0 amide bonds. The summed E-state index contributed by atoms with van der Waals surface area (Å²) < 4.78 is 47.2. The van der Waals surface area contributed by atoms with Gasteiger partial charge in [0.25, 0.3) is 5.56 Å². The molecule has 4 N–H and O–H groups in total. The summed E-state index contributed by atoms with van der Waals surface area (Å²) in [5.41, 5.74) is -3.56. The molecule has 0 spiro atoms. The van der Waals surface area contributed by atoms with E-state index >= 15 is 0 Å². The summed E-state index contributed by atoms with van der Waals surface area (Å²) in [7, 11) is 3.14. The largest absolute Gasteiger partial charge is 0.497 e. The number of carbonyl (C=O) groups is 2. The number of ether oxygens (including phenoxy) is 7. The van der Waals surface area contributed by atoms with Gasteiger partial charge < -0.3 is 48.5 Å². The van der Waals surface area contributed by atoms with Crippen molar-refractivity contribution < 1.29 is 58.1 Å². The zero-order valence-electron chi connectivity index (χ0n) is 70.5. The maximum atomic E-state index is 14.8. The molecule has 6 rings (SSSR count). The normalized spacial score (nSPS) is 15.5. The summed E-state index contributed by atoms with van der Waals surface area (Å²) in [4.78, 5) is 57.0. The minimum absolute atomic E-state index is 0.176. The van der Waals surface area contributed by atoms with Crippen LogP contribution in [0.15, 0.2) is 107 Å². The quantitative estimate of drug-likeness (QED) is 0.0162. The van der Waals surface area contributed by atoms with Gasteiger partial charge in [0.05, 0.1) is 52.3 Å². The summed E-state index contributed by atoms with van der Waals surface area (Å²) >= 11 is 0. The number of aryl methyl sites for hydroxylation is 1. The maximum absolute atomic E-state index is 14.8. The van der Waals surface area contributed by atoms with Crippen LogP contribution in [0.5, 0.6) is 28.7 Å². The number of carboxylic acids is 1. The molecule has 0 saturated carbocycles. The van der Waals surface area contributed by atoms with Gasteiger partial charge in [0.1, 0.15) is 35.5 Å². The number of benzene rings is 4. The minimum Gasteiger partial charge on any atom is -0.497 e. The van der Waals surface area contributed by atoms with Gasteiger partial charge in [-0.05, 0) is 79.3 Å².